The summed E-state index contributed by atoms with van der Waals surface area (Å²) in [4.78, 5) is 12.3. The third kappa shape index (κ3) is 1.10. The molecule has 3 heteroatoms. The van der Waals surface area contributed by atoms with Crippen LogP contribution in [0.25, 0.3) is 0 Å². The molecule has 3 nitrogen and oxygen atoms in total. The van der Waals surface area contributed by atoms with E-state index in [0.29, 0.717) is 17.8 Å². The maximum absolute atomic E-state index is 12.3. The number of ether oxygens (including phenoxy) is 1. The summed E-state index contributed by atoms with van der Waals surface area (Å²) in [7, 11) is 0. The van der Waals surface area contributed by atoms with E-state index in [9.17, 15) is 4.79 Å². The standard InChI is InChI=1S/C13H21NO2/c1-12(2,3)16-11(15)13-8-5-4-7(10(8)13)6-9(13)14/h7-10H,4-6,14H2,1-3H3/t7-,8+,9-,10?,13+/m0/s1. The van der Waals surface area contributed by atoms with Crippen LogP contribution in [0, 0.1) is 23.2 Å². The van der Waals surface area contributed by atoms with E-state index in [0.717, 1.165) is 6.42 Å². The first-order valence-electron chi connectivity index (χ1n) is 6.36. The van der Waals surface area contributed by atoms with Crippen LogP contribution in [-0.4, -0.2) is 17.6 Å². The van der Waals surface area contributed by atoms with E-state index in [2.05, 4.69) is 0 Å². The highest BCUT2D eigenvalue weighted by Gasteiger charge is 2.80. The largest absolute Gasteiger partial charge is 0.459 e. The van der Waals surface area contributed by atoms with E-state index in [4.69, 9.17) is 10.5 Å². The second-order valence-electron chi connectivity index (χ2n) is 6.75. The lowest BCUT2D eigenvalue weighted by Gasteiger charge is -2.26. The molecule has 0 aromatic rings. The highest BCUT2D eigenvalue weighted by molar-refractivity contribution is 5.84. The van der Waals surface area contributed by atoms with Crippen molar-refractivity contribution in [1.82, 2.24) is 0 Å². The van der Waals surface area contributed by atoms with Crippen molar-refractivity contribution in [3.63, 3.8) is 0 Å². The van der Waals surface area contributed by atoms with Crippen molar-refractivity contribution in [2.45, 2.75) is 51.7 Å². The van der Waals surface area contributed by atoms with Crippen LogP contribution in [0.2, 0.25) is 0 Å². The summed E-state index contributed by atoms with van der Waals surface area (Å²) in [6, 6.07) is 0.0462. The van der Waals surface area contributed by atoms with Crippen molar-refractivity contribution >= 4 is 5.97 Å². The van der Waals surface area contributed by atoms with Crippen molar-refractivity contribution in [1.29, 1.82) is 0 Å². The van der Waals surface area contributed by atoms with Gasteiger partial charge in [-0.05, 0) is 57.8 Å². The number of fused-ring (bicyclic) bond motifs is 1. The monoisotopic (exact) mass is 223 g/mol. The summed E-state index contributed by atoms with van der Waals surface area (Å²) in [6.07, 6.45) is 3.48. The van der Waals surface area contributed by atoms with Crippen molar-refractivity contribution < 1.29 is 9.53 Å². The molecular weight excluding hydrogens is 202 g/mol. The molecule has 3 rings (SSSR count). The van der Waals surface area contributed by atoms with Crippen LogP contribution in [0.5, 0.6) is 0 Å². The highest BCUT2D eigenvalue weighted by Crippen LogP contribution is 2.76. The van der Waals surface area contributed by atoms with Gasteiger partial charge in [0.2, 0.25) is 0 Å². The minimum Gasteiger partial charge on any atom is -0.459 e. The maximum atomic E-state index is 12.3. The average Bonchev–Trinajstić information content (AvgIpc) is 2.54. The van der Waals surface area contributed by atoms with E-state index in [1.807, 2.05) is 20.8 Å². The summed E-state index contributed by atoms with van der Waals surface area (Å²) < 4.78 is 5.57. The fourth-order valence-electron chi connectivity index (χ4n) is 4.34. The molecule has 3 fully saturated rings. The van der Waals surface area contributed by atoms with E-state index < -0.39 is 0 Å². The molecule has 0 bridgehead atoms. The summed E-state index contributed by atoms with van der Waals surface area (Å²) >= 11 is 0. The molecule has 90 valence electrons. The molecule has 2 N–H and O–H groups in total. The molecule has 3 aliphatic carbocycles. The quantitative estimate of drug-likeness (QED) is 0.688. The average molecular weight is 223 g/mol. The normalized spacial score (nSPS) is 49.0. The molecule has 0 spiro atoms. The second-order valence-corrected chi connectivity index (χ2v) is 6.75. The Bertz CT molecular complexity index is 342. The molecule has 0 aromatic heterocycles. The third-order valence-electron chi connectivity index (χ3n) is 4.77. The molecule has 0 heterocycles. The minimum atomic E-state index is -0.388. The van der Waals surface area contributed by atoms with Crippen LogP contribution in [0.15, 0.2) is 0 Å². The van der Waals surface area contributed by atoms with Gasteiger partial charge in [-0.25, -0.2) is 0 Å². The van der Waals surface area contributed by atoms with Gasteiger partial charge in [-0.15, -0.1) is 0 Å². The molecule has 5 atom stereocenters. The van der Waals surface area contributed by atoms with E-state index >= 15 is 0 Å². The molecule has 0 saturated heterocycles. The van der Waals surface area contributed by atoms with Crippen LogP contribution in [0.1, 0.15) is 40.0 Å². The van der Waals surface area contributed by atoms with E-state index in [1.165, 1.54) is 12.8 Å². The predicted molar refractivity (Wildman–Crippen MR) is 60.6 cm³/mol. The van der Waals surface area contributed by atoms with Gasteiger partial charge in [0.05, 0.1) is 5.41 Å². The SMILES string of the molecule is CC(C)(C)OC(=O)[C@]12C3[C@@H](CC[C@H]31)C[C@@H]2N. The molecule has 0 aliphatic heterocycles. The van der Waals surface area contributed by atoms with Gasteiger partial charge in [0.1, 0.15) is 5.60 Å². The van der Waals surface area contributed by atoms with Gasteiger partial charge in [-0.3, -0.25) is 4.79 Å². The second kappa shape index (κ2) is 2.81. The smallest absolute Gasteiger partial charge is 0.314 e. The summed E-state index contributed by atoms with van der Waals surface area (Å²) in [6.45, 7) is 5.78. The Morgan fingerprint density at radius 3 is 2.62 bits per heavy atom. The van der Waals surface area contributed by atoms with Crippen LogP contribution in [-0.2, 0) is 9.53 Å². The Morgan fingerprint density at radius 1 is 1.38 bits per heavy atom. The Kier molecular flexibility index (Phi) is 1.86. The van der Waals surface area contributed by atoms with Crippen molar-refractivity contribution in [2.75, 3.05) is 0 Å². The van der Waals surface area contributed by atoms with Gasteiger partial charge in [0.15, 0.2) is 0 Å². The molecule has 0 radical (unpaired) electrons. The van der Waals surface area contributed by atoms with Gasteiger partial charge >= 0.3 is 5.97 Å². The summed E-state index contributed by atoms with van der Waals surface area (Å²) in [5.74, 6) is 1.77. The van der Waals surface area contributed by atoms with E-state index in [-0.39, 0.29) is 23.0 Å². The van der Waals surface area contributed by atoms with Gasteiger partial charge in [0, 0.05) is 6.04 Å². The van der Waals surface area contributed by atoms with E-state index in [1.54, 1.807) is 0 Å². The Labute approximate surface area is 96.7 Å². The molecule has 0 aromatic carbocycles. The zero-order valence-corrected chi connectivity index (χ0v) is 10.3. The van der Waals surface area contributed by atoms with Gasteiger partial charge < -0.3 is 10.5 Å². The Hall–Kier alpha value is -0.570. The molecule has 3 saturated carbocycles. The lowest BCUT2D eigenvalue weighted by atomic mass is 9.94. The number of hydrogen-bond donors (Lipinski definition) is 1. The third-order valence-corrected chi connectivity index (χ3v) is 4.77. The van der Waals surface area contributed by atoms with Crippen molar-refractivity contribution in [2.24, 2.45) is 28.9 Å². The number of carbonyl (C=O) groups excluding carboxylic acids is 1. The fraction of sp³-hybridized carbons (Fsp3) is 0.923. The fourth-order valence-corrected chi connectivity index (χ4v) is 4.34. The number of rotatable bonds is 1. The van der Waals surface area contributed by atoms with Crippen LogP contribution in [0.3, 0.4) is 0 Å². The molecule has 0 amide bonds. The number of carbonyl (C=O) groups is 1. The molecular formula is C13H21NO2. The predicted octanol–water partition coefficient (Wildman–Crippen LogP) is 1.70. The summed E-state index contributed by atoms with van der Waals surface area (Å²) in [5, 5.41) is 0. The first kappa shape index (κ1) is 10.6. The zero-order valence-electron chi connectivity index (χ0n) is 10.3. The highest BCUT2D eigenvalue weighted by atomic mass is 16.6. The number of esters is 1. The minimum absolute atomic E-state index is 0.0234. The van der Waals surface area contributed by atoms with Gasteiger partial charge in [0.25, 0.3) is 0 Å². The summed E-state index contributed by atoms with van der Waals surface area (Å²) in [5.41, 5.74) is 5.52. The van der Waals surface area contributed by atoms with Crippen LogP contribution < -0.4 is 5.73 Å². The lowest BCUT2D eigenvalue weighted by Crippen LogP contribution is -2.41. The topological polar surface area (TPSA) is 52.3 Å². The Morgan fingerprint density at radius 2 is 2.06 bits per heavy atom. The Balaban J connectivity index is 1.83. The first-order valence-corrected chi connectivity index (χ1v) is 6.36. The van der Waals surface area contributed by atoms with Crippen LogP contribution in [0.4, 0.5) is 0 Å². The van der Waals surface area contributed by atoms with Crippen molar-refractivity contribution in [3.8, 4) is 0 Å². The first-order chi connectivity index (χ1) is 7.37. The zero-order chi connectivity index (χ0) is 11.7. The van der Waals surface area contributed by atoms with Gasteiger partial charge in [-0.1, -0.05) is 0 Å². The molecule has 16 heavy (non-hydrogen) atoms. The molecule has 3 aliphatic rings. The molecule has 1 unspecified atom stereocenters. The van der Waals surface area contributed by atoms with Crippen LogP contribution >= 0.6 is 0 Å². The maximum Gasteiger partial charge on any atom is 0.314 e. The lowest BCUT2D eigenvalue weighted by molar-refractivity contribution is -0.163. The number of nitrogens with two attached hydrogens (primary N) is 1. The van der Waals surface area contributed by atoms with Crippen molar-refractivity contribution in [3.05, 3.63) is 0 Å². The number of hydrogen-bond acceptors (Lipinski definition) is 3. The van der Waals surface area contributed by atoms with Gasteiger partial charge in [-0.2, -0.15) is 0 Å².